The van der Waals surface area contributed by atoms with Crippen molar-refractivity contribution < 1.29 is 19.3 Å². The van der Waals surface area contributed by atoms with Gasteiger partial charge in [0.1, 0.15) is 0 Å². The van der Waals surface area contributed by atoms with Gasteiger partial charge in [-0.1, -0.05) is 5.16 Å². The molecule has 20 heavy (non-hydrogen) atoms. The number of aromatic carboxylic acids is 1. The molecule has 0 saturated heterocycles. The van der Waals surface area contributed by atoms with Crippen molar-refractivity contribution in [1.82, 2.24) is 10.1 Å². The van der Waals surface area contributed by atoms with Crippen LogP contribution < -0.4 is 5.32 Å². The summed E-state index contributed by atoms with van der Waals surface area (Å²) in [7, 11) is 0. The van der Waals surface area contributed by atoms with Gasteiger partial charge in [-0.05, 0) is 13.0 Å². The van der Waals surface area contributed by atoms with Gasteiger partial charge in [-0.15, -0.1) is 0 Å². The van der Waals surface area contributed by atoms with Gasteiger partial charge in [0.05, 0.1) is 17.0 Å². The number of nitrogens with zero attached hydrogens (tertiary/aromatic N) is 3. The van der Waals surface area contributed by atoms with E-state index in [1.165, 1.54) is 12.1 Å². The van der Waals surface area contributed by atoms with Gasteiger partial charge < -0.3 is 14.9 Å². The van der Waals surface area contributed by atoms with Gasteiger partial charge in [-0.2, -0.15) is 4.98 Å². The summed E-state index contributed by atoms with van der Waals surface area (Å²) in [6.07, 6.45) is 0. The number of hydrogen-bond donors (Lipinski definition) is 2. The van der Waals surface area contributed by atoms with Crippen LogP contribution in [0.25, 0.3) is 0 Å². The summed E-state index contributed by atoms with van der Waals surface area (Å²) in [6.45, 7) is 1.78. The fourth-order valence-electron chi connectivity index (χ4n) is 1.56. The Kier molecular flexibility index (Phi) is 3.60. The van der Waals surface area contributed by atoms with Crippen molar-refractivity contribution >= 4 is 17.3 Å². The molecule has 0 fully saturated rings. The first-order chi connectivity index (χ1) is 9.47. The summed E-state index contributed by atoms with van der Waals surface area (Å²) >= 11 is 0. The van der Waals surface area contributed by atoms with E-state index in [9.17, 15) is 14.9 Å². The van der Waals surface area contributed by atoms with Gasteiger partial charge in [0.25, 0.3) is 5.69 Å². The number of nitrogens with one attached hydrogen (secondary N) is 1. The molecule has 2 rings (SSSR count). The fraction of sp³-hybridized carbons (Fsp3) is 0.182. The predicted octanol–water partition coefficient (Wildman–Crippen LogP) is 1.60. The van der Waals surface area contributed by atoms with E-state index in [0.29, 0.717) is 5.82 Å². The van der Waals surface area contributed by atoms with Crippen LogP contribution in [0.1, 0.15) is 22.1 Å². The Morgan fingerprint density at radius 2 is 2.30 bits per heavy atom. The lowest BCUT2D eigenvalue weighted by atomic mass is 10.1. The van der Waals surface area contributed by atoms with Crippen LogP contribution in [0, 0.1) is 17.0 Å². The molecule has 9 nitrogen and oxygen atoms in total. The van der Waals surface area contributed by atoms with Gasteiger partial charge in [0, 0.05) is 17.8 Å². The molecule has 0 spiro atoms. The maximum Gasteiger partial charge on any atom is 0.338 e. The molecule has 0 aliphatic rings. The molecule has 0 radical (unpaired) electrons. The van der Waals surface area contributed by atoms with E-state index in [2.05, 4.69) is 15.5 Å². The first-order valence-electron chi connectivity index (χ1n) is 5.52. The van der Waals surface area contributed by atoms with Gasteiger partial charge in [0.15, 0.2) is 5.82 Å². The van der Waals surface area contributed by atoms with Crippen LogP contribution in [-0.2, 0) is 6.54 Å². The van der Waals surface area contributed by atoms with Crippen molar-refractivity contribution in [3.8, 4) is 0 Å². The van der Waals surface area contributed by atoms with Gasteiger partial charge in [-0.25, -0.2) is 4.79 Å². The van der Waals surface area contributed by atoms with Crippen molar-refractivity contribution in [1.29, 1.82) is 0 Å². The molecular weight excluding hydrogens is 268 g/mol. The minimum Gasteiger partial charge on any atom is -0.478 e. The van der Waals surface area contributed by atoms with Crippen LogP contribution in [0.4, 0.5) is 11.4 Å². The molecule has 0 aliphatic carbocycles. The van der Waals surface area contributed by atoms with Crippen molar-refractivity contribution in [3.63, 3.8) is 0 Å². The largest absolute Gasteiger partial charge is 0.478 e. The van der Waals surface area contributed by atoms with Crippen LogP contribution >= 0.6 is 0 Å². The summed E-state index contributed by atoms with van der Waals surface area (Å²) < 4.78 is 4.87. The molecule has 0 atom stereocenters. The van der Waals surface area contributed by atoms with Crippen molar-refractivity contribution in [3.05, 3.63) is 45.6 Å². The lowest BCUT2D eigenvalue weighted by Gasteiger charge is -2.07. The zero-order valence-corrected chi connectivity index (χ0v) is 10.4. The smallest absolute Gasteiger partial charge is 0.338 e. The van der Waals surface area contributed by atoms with E-state index >= 15 is 0 Å². The molecular formula is C11H10N4O5. The zero-order valence-electron chi connectivity index (χ0n) is 10.4. The monoisotopic (exact) mass is 278 g/mol. The van der Waals surface area contributed by atoms with E-state index in [4.69, 9.17) is 9.63 Å². The van der Waals surface area contributed by atoms with Crippen molar-refractivity contribution in [2.75, 3.05) is 5.32 Å². The number of aromatic nitrogens is 2. The number of nitro benzene ring substituents is 1. The molecule has 0 unspecified atom stereocenters. The van der Waals surface area contributed by atoms with Crippen molar-refractivity contribution in [2.45, 2.75) is 13.5 Å². The molecule has 2 aromatic rings. The number of nitro groups is 1. The SMILES string of the molecule is Cc1noc(CNc2ccc([N+](=O)[O-])cc2C(=O)O)n1. The Balaban J connectivity index is 2.22. The number of carboxylic acids is 1. The average Bonchev–Trinajstić information content (AvgIpc) is 2.81. The second kappa shape index (κ2) is 5.34. The third-order valence-electron chi connectivity index (χ3n) is 2.44. The number of aryl methyl sites for hydroxylation is 1. The highest BCUT2D eigenvalue weighted by atomic mass is 16.6. The first kappa shape index (κ1) is 13.5. The quantitative estimate of drug-likeness (QED) is 0.622. The third-order valence-corrected chi connectivity index (χ3v) is 2.44. The Morgan fingerprint density at radius 1 is 1.55 bits per heavy atom. The van der Waals surface area contributed by atoms with Crippen molar-refractivity contribution in [2.24, 2.45) is 0 Å². The van der Waals surface area contributed by atoms with Crippen LogP contribution in [0.2, 0.25) is 0 Å². The standard InChI is InChI=1S/C11H10N4O5/c1-6-13-10(20-14-6)5-12-9-3-2-7(15(18)19)4-8(9)11(16)17/h2-4,12H,5H2,1H3,(H,16,17). The maximum absolute atomic E-state index is 11.1. The Hall–Kier alpha value is -2.97. The summed E-state index contributed by atoms with van der Waals surface area (Å²) in [5, 5.41) is 26.1. The predicted molar refractivity (Wildman–Crippen MR) is 66.4 cm³/mol. The van der Waals surface area contributed by atoms with Crippen LogP contribution in [-0.4, -0.2) is 26.1 Å². The summed E-state index contributed by atoms with van der Waals surface area (Å²) in [5.41, 5.74) is -0.254. The van der Waals surface area contributed by atoms with E-state index in [1.807, 2.05) is 0 Å². The average molecular weight is 278 g/mol. The van der Waals surface area contributed by atoms with E-state index in [-0.39, 0.29) is 29.4 Å². The number of anilines is 1. The number of carbonyl (C=O) groups is 1. The second-order valence-electron chi connectivity index (χ2n) is 3.88. The molecule has 1 aromatic heterocycles. The van der Waals surface area contributed by atoms with E-state index in [1.54, 1.807) is 6.92 Å². The number of hydrogen-bond acceptors (Lipinski definition) is 7. The number of benzene rings is 1. The molecule has 1 heterocycles. The first-order valence-corrected chi connectivity index (χ1v) is 5.52. The topological polar surface area (TPSA) is 131 Å². The number of carboxylic acid groups (broad SMARTS) is 1. The second-order valence-corrected chi connectivity index (χ2v) is 3.88. The molecule has 0 aliphatic heterocycles. The molecule has 104 valence electrons. The third kappa shape index (κ3) is 2.88. The Bertz CT molecular complexity index is 667. The highest BCUT2D eigenvalue weighted by molar-refractivity contribution is 5.95. The minimum absolute atomic E-state index is 0.124. The van der Waals surface area contributed by atoms with Gasteiger partial charge in [-0.3, -0.25) is 10.1 Å². The summed E-state index contributed by atoms with van der Waals surface area (Å²) in [5.74, 6) is -0.515. The van der Waals surface area contributed by atoms with Crippen LogP contribution in [0.3, 0.4) is 0 Å². The molecule has 2 N–H and O–H groups in total. The molecule has 9 heteroatoms. The highest BCUT2D eigenvalue weighted by Crippen LogP contribution is 2.22. The number of non-ortho nitro benzene ring substituents is 1. The van der Waals surface area contributed by atoms with Crippen LogP contribution in [0.15, 0.2) is 22.7 Å². The molecule has 0 amide bonds. The molecule has 1 aromatic carbocycles. The van der Waals surface area contributed by atoms with E-state index < -0.39 is 10.9 Å². The van der Waals surface area contributed by atoms with Crippen LogP contribution in [0.5, 0.6) is 0 Å². The normalized spacial score (nSPS) is 10.2. The summed E-state index contributed by atoms with van der Waals surface area (Å²) in [4.78, 5) is 25.0. The minimum atomic E-state index is -1.27. The maximum atomic E-state index is 11.1. The fourth-order valence-corrected chi connectivity index (χ4v) is 1.56. The highest BCUT2D eigenvalue weighted by Gasteiger charge is 2.16. The zero-order chi connectivity index (χ0) is 14.7. The molecule has 0 bridgehead atoms. The lowest BCUT2D eigenvalue weighted by Crippen LogP contribution is -2.07. The lowest BCUT2D eigenvalue weighted by molar-refractivity contribution is -0.384. The number of rotatable bonds is 5. The van der Waals surface area contributed by atoms with E-state index in [0.717, 1.165) is 6.07 Å². The Labute approximate surface area is 112 Å². The summed E-state index contributed by atoms with van der Waals surface area (Å²) in [6, 6.07) is 3.53. The van der Waals surface area contributed by atoms with Gasteiger partial charge >= 0.3 is 5.97 Å². The van der Waals surface area contributed by atoms with Gasteiger partial charge in [0.2, 0.25) is 5.89 Å². The Morgan fingerprint density at radius 3 is 2.85 bits per heavy atom. The molecule has 0 saturated carbocycles.